The molecule has 6 heteroatoms. The molecule has 2 aromatic rings. The van der Waals surface area contributed by atoms with Crippen LogP contribution in [0.5, 0.6) is 5.75 Å². The minimum atomic E-state index is -0.000245. The first-order valence-electron chi connectivity index (χ1n) is 10.7. The normalized spacial score (nSPS) is 17.3. The molecule has 0 radical (unpaired) electrons. The Bertz CT molecular complexity index is 892. The number of likely N-dealkylation sites (tertiary alicyclic amines) is 1. The summed E-state index contributed by atoms with van der Waals surface area (Å²) < 4.78 is 5.32. The van der Waals surface area contributed by atoms with Gasteiger partial charge in [-0.3, -0.25) is 14.5 Å². The maximum Gasteiger partial charge on any atom is 0.241 e. The van der Waals surface area contributed by atoms with Gasteiger partial charge in [0.2, 0.25) is 11.8 Å². The van der Waals surface area contributed by atoms with Crippen molar-refractivity contribution < 1.29 is 14.3 Å². The van der Waals surface area contributed by atoms with Gasteiger partial charge in [0.05, 0.1) is 13.7 Å². The Hall–Kier alpha value is -2.86. The Morgan fingerprint density at radius 3 is 2.57 bits per heavy atom. The molecule has 1 fully saturated rings. The number of benzene rings is 2. The van der Waals surface area contributed by atoms with E-state index in [4.69, 9.17) is 4.74 Å². The third-order valence-electron chi connectivity index (χ3n) is 6.06. The summed E-state index contributed by atoms with van der Waals surface area (Å²) in [5.74, 6) is 1.04. The lowest BCUT2D eigenvalue weighted by atomic mass is 9.95. The summed E-state index contributed by atoms with van der Waals surface area (Å²) in [7, 11) is 1.66. The van der Waals surface area contributed by atoms with Crippen molar-refractivity contribution in [3.05, 3.63) is 54.1 Å². The van der Waals surface area contributed by atoms with Crippen LogP contribution in [0.3, 0.4) is 0 Å². The molecule has 2 aromatic carbocycles. The number of para-hydroxylation sites is 1. The number of methoxy groups -OCH3 is 1. The summed E-state index contributed by atoms with van der Waals surface area (Å²) in [5.41, 5.74) is 3.01. The van der Waals surface area contributed by atoms with Gasteiger partial charge in [-0.2, -0.15) is 0 Å². The van der Waals surface area contributed by atoms with Crippen molar-refractivity contribution in [2.45, 2.75) is 25.7 Å². The van der Waals surface area contributed by atoms with Gasteiger partial charge in [0.15, 0.2) is 0 Å². The average molecular weight is 408 g/mol. The van der Waals surface area contributed by atoms with Crippen LogP contribution in [0.15, 0.2) is 48.5 Å². The molecule has 30 heavy (non-hydrogen) atoms. The van der Waals surface area contributed by atoms with Gasteiger partial charge in [0.1, 0.15) is 5.75 Å². The lowest BCUT2D eigenvalue weighted by Crippen LogP contribution is -2.46. The minimum absolute atomic E-state index is 0.000245. The van der Waals surface area contributed by atoms with E-state index in [0.29, 0.717) is 6.54 Å². The fraction of sp³-hybridized carbons (Fsp3) is 0.417. The van der Waals surface area contributed by atoms with Crippen LogP contribution in [0.1, 0.15) is 24.8 Å². The van der Waals surface area contributed by atoms with Crippen molar-refractivity contribution in [3.63, 3.8) is 0 Å². The third-order valence-corrected chi connectivity index (χ3v) is 6.06. The number of amides is 2. The van der Waals surface area contributed by atoms with Gasteiger partial charge in [-0.1, -0.05) is 18.2 Å². The number of carbonyl (C=O) groups excluding carboxylic acids is 2. The van der Waals surface area contributed by atoms with Crippen molar-refractivity contribution in [2.24, 2.45) is 5.92 Å². The molecule has 0 atom stereocenters. The number of aryl methyl sites for hydroxylation is 1. The number of piperidine rings is 1. The molecule has 4 rings (SSSR count). The Morgan fingerprint density at radius 2 is 1.83 bits per heavy atom. The van der Waals surface area contributed by atoms with Gasteiger partial charge in [-0.05, 0) is 74.7 Å². The number of rotatable bonds is 5. The van der Waals surface area contributed by atoms with Gasteiger partial charge in [0, 0.05) is 23.8 Å². The van der Waals surface area contributed by atoms with E-state index in [1.807, 2.05) is 53.4 Å². The number of ether oxygens (including phenoxy) is 1. The van der Waals surface area contributed by atoms with Gasteiger partial charge in [-0.25, -0.2) is 0 Å². The molecule has 2 heterocycles. The zero-order valence-corrected chi connectivity index (χ0v) is 17.5. The quantitative estimate of drug-likeness (QED) is 0.826. The molecule has 0 unspecified atom stereocenters. The summed E-state index contributed by atoms with van der Waals surface area (Å²) in [4.78, 5) is 29.6. The largest absolute Gasteiger partial charge is 0.497 e. The lowest BCUT2D eigenvalue weighted by molar-refractivity contribution is -0.122. The van der Waals surface area contributed by atoms with Crippen LogP contribution in [0, 0.1) is 5.92 Å². The number of nitrogens with zero attached hydrogens (tertiary/aromatic N) is 2. The summed E-state index contributed by atoms with van der Waals surface area (Å²) in [5, 5.41) is 3.00. The smallest absolute Gasteiger partial charge is 0.241 e. The first-order chi connectivity index (χ1) is 14.6. The van der Waals surface area contributed by atoms with Crippen molar-refractivity contribution >= 4 is 23.2 Å². The van der Waals surface area contributed by atoms with E-state index < -0.39 is 0 Å². The Morgan fingerprint density at radius 1 is 1.07 bits per heavy atom. The second-order valence-corrected chi connectivity index (χ2v) is 8.05. The molecule has 158 valence electrons. The van der Waals surface area contributed by atoms with Crippen LogP contribution in [0.25, 0.3) is 0 Å². The Labute approximate surface area is 177 Å². The predicted octanol–water partition coefficient (Wildman–Crippen LogP) is 3.33. The number of fused-ring (bicyclic) bond motifs is 1. The molecule has 6 nitrogen and oxygen atoms in total. The summed E-state index contributed by atoms with van der Waals surface area (Å²) >= 11 is 0. The summed E-state index contributed by atoms with van der Waals surface area (Å²) in [6.07, 6.45) is 3.49. The van der Waals surface area contributed by atoms with Crippen LogP contribution in [0.4, 0.5) is 11.4 Å². The average Bonchev–Trinajstić information content (AvgIpc) is 2.79. The van der Waals surface area contributed by atoms with Gasteiger partial charge < -0.3 is 15.0 Å². The third kappa shape index (κ3) is 4.65. The van der Waals surface area contributed by atoms with Crippen LogP contribution < -0.4 is 15.0 Å². The maximum absolute atomic E-state index is 13.0. The molecule has 0 aromatic heterocycles. The molecule has 1 saturated heterocycles. The first kappa shape index (κ1) is 20.4. The van der Waals surface area contributed by atoms with Crippen molar-refractivity contribution in [1.29, 1.82) is 0 Å². The van der Waals surface area contributed by atoms with E-state index in [9.17, 15) is 9.59 Å². The van der Waals surface area contributed by atoms with Gasteiger partial charge >= 0.3 is 0 Å². The number of carbonyl (C=O) groups is 2. The number of hydrogen-bond acceptors (Lipinski definition) is 4. The number of hydrogen-bond donors (Lipinski definition) is 1. The van der Waals surface area contributed by atoms with Gasteiger partial charge in [-0.15, -0.1) is 0 Å². The van der Waals surface area contributed by atoms with E-state index in [1.54, 1.807) is 7.11 Å². The standard InChI is InChI=1S/C24H29N3O3/c1-30-21-9-10-22-19(16-21)6-5-13-27(22)23(28)17-26-14-11-18(12-15-26)24(29)25-20-7-3-2-4-8-20/h2-4,7-10,16,18H,5-6,11-15,17H2,1H3,(H,25,29). The minimum Gasteiger partial charge on any atom is -0.497 e. The van der Waals surface area contributed by atoms with Crippen LogP contribution >= 0.6 is 0 Å². The maximum atomic E-state index is 13.0. The topological polar surface area (TPSA) is 61.9 Å². The highest BCUT2D eigenvalue weighted by atomic mass is 16.5. The highest BCUT2D eigenvalue weighted by Gasteiger charge is 2.29. The molecule has 2 amide bonds. The second-order valence-electron chi connectivity index (χ2n) is 8.05. The molecule has 0 saturated carbocycles. The Kier molecular flexibility index (Phi) is 6.33. The molecule has 0 bridgehead atoms. The van der Waals surface area contributed by atoms with Crippen LogP contribution in [-0.4, -0.2) is 50.0 Å². The zero-order chi connectivity index (χ0) is 20.9. The molecular formula is C24H29N3O3. The summed E-state index contributed by atoms with van der Waals surface area (Å²) in [6.45, 7) is 2.69. The fourth-order valence-electron chi connectivity index (χ4n) is 4.36. The summed E-state index contributed by atoms with van der Waals surface area (Å²) in [6, 6.07) is 15.5. The van der Waals surface area contributed by atoms with E-state index in [-0.39, 0.29) is 17.7 Å². The first-order valence-corrected chi connectivity index (χ1v) is 10.7. The van der Waals surface area contributed by atoms with Crippen LogP contribution in [-0.2, 0) is 16.0 Å². The van der Waals surface area contributed by atoms with E-state index >= 15 is 0 Å². The molecule has 0 spiro atoms. The van der Waals surface area contributed by atoms with Crippen molar-refractivity contribution in [2.75, 3.05) is 43.5 Å². The van der Waals surface area contributed by atoms with Crippen LogP contribution in [0.2, 0.25) is 0 Å². The molecule has 2 aliphatic rings. The Balaban J connectivity index is 1.30. The lowest BCUT2D eigenvalue weighted by Gasteiger charge is -2.34. The monoisotopic (exact) mass is 407 g/mol. The van der Waals surface area contributed by atoms with Crippen molar-refractivity contribution in [3.8, 4) is 5.75 Å². The number of anilines is 2. The van der Waals surface area contributed by atoms with E-state index in [2.05, 4.69) is 10.2 Å². The fourth-order valence-corrected chi connectivity index (χ4v) is 4.36. The molecular weight excluding hydrogens is 378 g/mol. The SMILES string of the molecule is COc1ccc2c(c1)CCCN2C(=O)CN1CCC(C(=O)Nc2ccccc2)CC1. The molecule has 1 N–H and O–H groups in total. The highest BCUT2D eigenvalue weighted by Crippen LogP contribution is 2.31. The second kappa shape index (κ2) is 9.30. The van der Waals surface area contributed by atoms with Gasteiger partial charge in [0.25, 0.3) is 0 Å². The highest BCUT2D eigenvalue weighted by molar-refractivity contribution is 5.96. The van der Waals surface area contributed by atoms with E-state index in [0.717, 1.165) is 62.4 Å². The molecule has 0 aliphatic carbocycles. The van der Waals surface area contributed by atoms with Crippen molar-refractivity contribution in [1.82, 2.24) is 4.90 Å². The number of nitrogens with one attached hydrogen (secondary N) is 1. The predicted molar refractivity (Wildman–Crippen MR) is 118 cm³/mol. The molecule has 2 aliphatic heterocycles. The zero-order valence-electron chi connectivity index (χ0n) is 17.5. The van der Waals surface area contributed by atoms with E-state index in [1.165, 1.54) is 5.56 Å².